The molecule has 0 aromatic carbocycles. The van der Waals surface area contributed by atoms with Crippen molar-refractivity contribution in [2.45, 2.75) is 25.8 Å². The highest BCUT2D eigenvalue weighted by molar-refractivity contribution is 5.96. The SMILES string of the molecule is CC1CCN(C(=O)c2ccncc2)C(C(=O)O)C1. The van der Waals surface area contributed by atoms with Gasteiger partial charge in [-0.25, -0.2) is 4.79 Å². The Kier molecular flexibility index (Phi) is 3.60. The lowest BCUT2D eigenvalue weighted by Crippen LogP contribution is -2.49. The van der Waals surface area contributed by atoms with Crippen LogP contribution in [0, 0.1) is 5.92 Å². The first-order valence-corrected chi connectivity index (χ1v) is 6.03. The van der Waals surface area contributed by atoms with Crippen LogP contribution in [-0.4, -0.2) is 39.5 Å². The van der Waals surface area contributed by atoms with Crippen molar-refractivity contribution in [2.24, 2.45) is 5.92 Å². The third-order valence-electron chi connectivity index (χ3n) is 3.34. The predicted octanol–water partition coefficient (Wildman–Crippen LogP) is 1.41. The van der Waals surface area contributed by atoms with Crippen LogP contribution < -0.4 is 0 Å². The molecular weight excluding hydrogens is 232 g/mol. The van der Waals surface area contributed by atoms with Gasteiger partial charge in [-0.05, 0) is 30.9 Å². The number of carbonyl (C=O) groups is 2. The fourth-order valence-corrected chi connectivity index (χ4v) is 2.28. The Hall–Kier alpha value is -1.91. The largest absolute Gasteiger partial charge is 0.480 e. The summed E-state index contributed by atoms with van der Waals surface area (Å²) in [6, 6.07) is 2.51. The highest BCUT2D eigenvalue weighted by Gasteiger charge is 2.34. The average Bonchev–Trinajstić information content (AvgIpc) is 2.39. The summed E-state index contributed by atoms with van der Waals surface area (Å²) >= 11 is 0. The van der Waals surface area contributed by atoms with E-state index in [1.54, 1.807) is 12.1 Å². The van der Waals surface area contributed by atoms with E-state index in [9.17, 15) is 14.7 Å². The smallest absolute Gasteiger partial charge is 0.326 e. The van der Waals surface area contributed by atoms with E-state index < -0.39 is 12.0 Å². The van der Waals surface area contributed by atoms with Crippen LogP contribution in [0.15, 0.2) is 24.5 Å². The number of carbonyl (C=O) groups excluding carboxylic acids is 1. The van der Waals surface area contributed by atoms with Crippen molar-refractivity contribution in [3.05, 3.63) is 30.1 Å². The lowest BCUT2D eigenvalue weighted by atomic mass is 9.92. The highest BCUT2D eigenvalue weighted by Crippen LogP contribution is 2.24. The summed E-state index contributed by atoms with van der Waals surface area (Å²) in [4.78, 5) is 28.8. The van der Waals surface area contributed by atoms with Gasteiger partial charge in [0.25, 0.3) is 5.91 Å². The molecule has 0 saturated carbocycles. The van der Waals surface area contributed by atoms with E-state index in [0.29, 0.717) is 24.4 Å². The number of aromatic nitrogens is 1. The Labute approximate surface area is 105 Å². The highest BCUT2D eigenvalue weighted by atomic mass is 16.4. The van der Waals surface area contributed by atoms with Crippen LogP contribution in [0.4, 0.5) is 0 Å². The zero-order chi connectivity index (χ0) is 13.1. The number of hydrogen-bond acceptors (Lipinski definition) is 3. The number of hydrogen-bond donors (Lipinski definition) is 1. The molecule has 2 atom stereocenters. The number of pyridine rings is 1. The molecule has 18 heavy (non-hydrogen) atoms. The minimum absolute atomic E-state index is 0.225. The van der Waals surface area contributed by atoms with Gasteiger partial charge in [-0.3, -0.25) is 9.78 Å². The van der Waals surface area contributed by atoms with Gasteiger partial charge < -0.3 is 10.0 Å². The Morgan fingerprint density at radius 2 is 2.06 bits per heavy atom. The van der Waals surface area contributed by atoms with Crippen molar-refractivity contribution >= 4 is 11.9 Å². The second kappa shape index (κ2) is 5.16. The van der Waals surface area contributed by atoms with E-state index in [2.05, 4.69) is 4.98 Å². The number of rotatable bonds is 2. The van der Waals surface area contributed by atoms with Gasteiger partial charge in [0.2, 0.25) is 0 Å². The Balaban J connectivity index is 2.20. The maximum atomic E-state index is 12.3. The molecule has 1 aromatic rings. The molecule has 0 radical (unpaired) electrons. The first-order valence-electron chi connectivity index (χ1n) is 6.03. The van der Waals surface area contributed by atoms with Gasteiger partial charge in [-0.15, -0.1) is 0 Å². The summed E-state index contributed by atoms with van der Waals surface area (Å²) in [6.45, 7) is 2.52. The third kappa shape index (κ3) is 2.50. The van der Waals surface area contributed by atoms with Crippen LogP contribution in [0.2, 0.25) is 0 Å². The number of likely N-dealkylation sites (tertiary alicyclic amines) is 1. The number of nitrogens with zero attached hydrogens (tertiary/aromatic N) is 2. The molecule has 1 aromatic heterocycles. The number of carboxylic acids is 1. The van der Waals surface area contributed by atoms with Crippen LogP contribution >= 0.6 is 0 Å². The van der Waals surface area contributed by atoms with Crippen LogP contribution in [0.1, 0.15) is 30.1 Å². The molecule has 1 N–H and O–H groups in total. The molecule has 1 amide bonds. The van der Waals surface area contributed by atoms with Crippen molar-refractivity contribution in [1.29, 1.82) is 0 Å². The Morgan fingerprint density at radius 1 is 1.39 bits per heavy atom. The third-order valence-corrected chi connectivity index (χ3v) is 3.34. The van der Waals surface area contributed by atoms with Gasteiger partial charge in [0.1, 0.15) is 6.04 Å². The van der Waals surface area contributed by atoms with Crippen LogP contribution in [0.3, 0.4) is 0 Å². The van der Waals surface area contributed by atoms with Crippen molar-refractivity contribution < 1.29 is 14.7 Å². The molecule has 0 spiro atoms. The maximum Gasteiger partial charge on any atom is 0.326 e. The first-order chi connectivity index (χ1) is 8.59. The molecule has 0 bridgehead atoms. The summed E-state index contributed by atoms with van der Waals surface area (Å²) in [5, 5.41) is 9.22. The van der Waals surface area contributed by atoms with Crippen molar-refractivity contribution in [3.63, 3.8) is 0 Å². The molecule has 1 fully saturated rings. The summed E-state index contributed by atoms with van der Waals surface area (Å²) in [5.41, 5.74) is 0.491. The van der Waals surface area contributed by atoms with E-state index in [-0.39, 0.29) is 5.91 Å². The fraction of sp³-hybridized carbons (Fsp3) is 0.462. The molecule has 5 heteroatoms. The first kappa shape index (κ1) is 12.5. The molecule has 5 nitrogen and oxygen atoms in total. The van der Waals surface area contributed by atoms with Gasteiger partial charge in [-0.2, -0.15) is 0 Å². The van der Waals surface area contributed by atoms with Crippen molar-refractivity contribution in [1.82, 2.24) is 9.88 Å². The molecular formula is C13H16N2O3. The molecule has 1 aliphatic rings. The number of carboxylic acid groups (broad SMARTS) is 1. The van der Waals surface area contributed by atoms with E-state index in [4.69, 9.17) is 0 Å². The van der Waals surface area contributed by atoms with Gasteiger partial charge in [0, 0.05) is 24.5 Å². The van der Waals surface area contributed by atoms with Crippen molar-refractivity contribution in [2.75, 3.05) is 6.54 Å². The lowest BCUT2D eigenvalue weighted by molar-refractivity contribution is -0.144. The van der Waals surface area contributed by atoms with E-state index in [1.165, 1.54) is 17.3 Å². The van der Waals surface area contributed by atoms with Gasteiger partial charge in [0.15, 0.2) is 0 Å². The zero-order valence-electron chi connectivity index (χ0n) is 10.2. The summed E-state index contributed by atoms with van der Waals surface area (Å²) < 4.78 is 0. The number of aliphatic carboxylic acids is 1. The van der Waals surface area contributed by atoms with E-state index in [0.717, 1.165) is 6.42 Å². The summed E-state index contributed by atoms with van der Waals surface area (Å²) in [6.07, 6.45) is 4.44. The average molecular weight is 248 g/mol. The monoisotopic (exact) mass is 248 g/mol. The number of piperidine rings is 1. The molecule has 2 unspecified atom stereocenters. The van der Waals surface area contributed by atoms with Crippen molar-refractivity contribution in [3.8, 4) is 0 Å². The Morgan fingerprint density at radius 3 is 2.67 bits per heavy atom. The van der Waals surface area contributed by atoms with Crippen LogP contribution in [0.25, 0.3) is 0 Å². The second-order valence-electron chi connectivity index (χ2n) is 4.72. The number of amides is 1. The second-order valence-corrected chi connectivity index (χ2v) is 4.72. The standard InChI is InChI=1S/C13H16N2O3/c1-9-4-7-15(11(8-9)13(17)18)12(16)10-2-5-14-6-3-10/h2-3,5-6,9,11H,4,7-8H2,1H3,(H,17,18). The predicted molar refractivity (Wildman–Crippen MR) is 65.1 cm³/mol. The van der Waals surface area contributed by atoms with E-state index >= 15 is 0 Å². The minimum atomic E-state index is -0.927. The maximum absolute atomic E-state index is 12.3. The molecule has 1 saturated heterocycles. The zero-order valence-corrected chi connectivity index (χ0v) is 10.2. The normalized spacial score (nSPS) is 23.7. The van der Waals surface area contributed by atoms with Gasteiger partial charge >= 0.3 is 5.97 Å². The topological polar surface area (TPSA) is 70.5 Å². The van der Waals surface area contributed by atoms with Gasteiger partial charge in [-0.1, -0.05) is 6.92 Å². The Bertz CT molecular complexity index is 447. The van der Waals surface area contributed by atoms with Crippen LogP contribution in [-0.2, 0) is 4.79 Å². The molecule has 1 aliphatic heterocycles. The quantitative estimate of drug-likeness (QED) is 0.859. The molecule has 2 rings (SSSR count). The lowest BCUT2D eigenvalue weighted by Gasteiger charge is -2.36. The van der Waals surface area contributed by atoms with E-state index in [1.807, 2.05) is 6.92 Å². The molecule has 96 valence electrons. The summed E-state index contributed by atoms with van der Waals surface area (Å²) in [5.74, 6) is -0.812. The fourth-order valence-electron chi connectivity index (χ4n) is 2.28. The molecule has 2 heterocycles. The minimum Gasteiger partial charge on any atom is -0.480 e. The van der Waals surface area contributed by atoms with Gasteiger partial charge in [0.05, 0.1) is 0 Å². The molecule has 0 aliphatic carbocycles. The summed E-state index contributed by atoms with van der Waals surface area (Å²) in [7, 11) is 0. The van der Waals surface area contributed by atoms with Crippen LogP contribution in [0.5, 0.6) is 0 Å².